The first kappa shape index (κ1) is 39.4. The van der Waals surface area contributed by atoms with Crippen LogP contribution < -0.4 is 9.46 Å². The van der Waals surface area contributed by atoms with Crippen molar-refractivity contribution < 1.29 is 35.8 Å². The number of halogens is 4. The number of ether oxygens (including phenoxy) is 3. The molecular formula is C33H41ClF3N7O5SSi2. The third-order valence-corrected chi connectivity index (χ3v) is 12.9. The van der Waals surface area contributed by atoms with Gasteiger partial charge in [-0.1, -0.05) is 50.9 Å². The lowest BCUT2D eigenvalue weighted by atomic mass is 10.1. The van der Waals surface area contributed by atoms with E-state index < -0.39 is 65.5 Å². The van der Waals surface area contributed by atoms with Gasteiger partial charge >= 0.3 is 0 Å². The highest BCUT2D eigenvalue weighted by molar-refractivity contribution is 7.92. The summed E-state index contributed by atoms with van der Waals surface area (Å²) < 4.78 is 96.4. The summed E-state index contributed by atoms with van der Waals surface area (Å²) >= 11 is 5.95. The van der Waals surface area contributed by atoms with Gasteiger partial charge in [-0.05, 0) is 24.2 Å². The number of pyridine rings is 2. The smallest absolute Gasteiger partial charge is 0.267 e. The highest BCUT2D eigenvalue weighted by Gasteiger charge is 2.28. The van der Waals surface area contributed by atoms with Gasteiger partial charge < -0.3 is 18.8 Å². The maximum atomic E-state index is 16.7. The molecule has 0 amide bonds. The number of aromatic nitrogens is 6. The van der Waals surface area contributed by atoms with E-state index in [0.717, 1.165) is 30.4 Å². The van der Waals surface area contributed by atoms with Crippen LogP contribution in [0.3, 0.4) is 0 Å². The molecule has 280 valence electrons. The summed E-state index contributed by atoms with van der Waals surface area (Å²) in [4.78, 5) is 12.0. The summed E-state index contributed by atoms with van der Waals surface area (Å²) in [5, 5.41) is 4.85. The predicted octanol–water partition coefficient (Wildman–Crippen LogP) is 7.86. The van der Waals surface area contributed by atoms with Gasteiger partial charge in [-0.3, -0.25) is 9.71 Å². The fraction of sp³-hybridized carbons (Fsp3) is 0.394. The average Bonchev–Trinajstić information content (AvgIpc) is 3.67. The molecule has 5 aromatic rings. The maximum absolute atomic E-state index is 16.7. The average molecular weight is 796 g/mol. The van der Waals surface area contributed by atoms with Crippen molar-refractivity contribution in [2.45, 2.75) is 69.7 Å². The summed E-state index contributed by atoms with van der Waals surface area (Å²) in [6.45, 7) is 14.4. The predicted molar refractivity (Wildman–Crippen MR) is 199 cm³/mol. The number of rotatable bonds is 16. The molecule has 0 aliphatic rings. The van der Waals surface area contributed by atoms with Crippen LogP contribution in [-0.4, -0.2) is 74.2 Å². The van der Waals surface area contributed by atoms with Gasteiger partial charge in [0.25, 0.3) is 10.0 Å². The molecule has 0 saturated heterocycles. The van der Waals surface area contributed by atoms with Crippen molar-refractivity contribution in [1.29, 1.82) is 0 Å². The number of nitrogens with one attached hydrogen (secondary N) is 1. The molecule has 4 aromatic heterocycles. The second-order valence-electron chi connectivity index (χ2n) is 14.5. The Morgan fingerprint density at radius 1 is 0.865 bits per heavy atom. The summed E-state index contributed by atoms with van der Waals surface area (Å²) in [6, 6.07) is 4.20. The van der Waals surface area contributed by atoms with E-state index >= 15 is 13.2 Å². The van der Waals surface area contributed by atoms with Crippen molar-refractivity contribution in [3.8, 4) is 28.7 Å². The second-order valence-corrected chi connectivity index (χ2v) is 27.9. The normalized spacial score (nSPS) is 12.5. The third kappa shape index (κ3) is 9.21. The van der Waals surface area contributed by atoms with E-state index in [2.05, 4.69) is 59.3 Å². The van der Waals surface area contributed by atoms with Crippen molar-refractivity contribution in [3.05, 3.63) is 65.5 Å². The van der Waals surface area contributed by atoms with E-state index in [9.17, 15) is 8.42 Å². The molecule has 1 aromatic carbocycles. The highest BCUT2D eigenvalue weighted by Crippen LogP contribution is 2.37. The van der Waals surface area contributed by atoms with Crippen molar-refractivity contribution >= 4 is 54.4 Å². The minimum absolute atomic E-state index is 0.0429. The lowest BCUT2D eigenvalue weighted by Gasteiger charge is -2.16. The Kier molecular flexibility index (Phi) is 11.9. The van der Waals surface area contributed by atoms with Crippen LogP contribution in [0.2, 0.25) is 56.4 Å². The Balaban J connectivity index is 1.57. The Morgan fingerprint density at radius 3 is 2.19 bits per heavy atom. The second kappa shape index (κ2) is 15.7. The van der Waals surface area contributed by atoms with Crippen molar-refractivity contribution in [2.24, 2.45) is 0 Å². The van der Waals surface area contributed by atoms with Gasteiger partial charge in [-0.15, -0.1) is 0 Å². The number of hydrogen-bond acceptors (Lipinski definition) is 9. The van der Waals surface area contributed by atoms with Crippen LogP contribution in [0, 0.1) is 17.5 Å². The fourth-order valence-corrected chi connectivity index (χ4v) is 8.00. The summed E-state index contributed by atoms with van der Waals surface area (Å²) in [6.07, 6.45) is 5.74. The minimum Gasteiger partial charge on any atom is -0.480 e. The van der Waals surface area contributed by atoms with Gasteiger partial charge in [-0.25, -0.2) is 36.2 Å². The van der Waals surface area contributed by atoms with Crippen molar-refractivity contribution in [3.63, 3.8) is 0 Å². The van der Waals surface area contributed by atoms with Crippen LogP contribution in [0.25, 0.3) is 33.7 Å². The molecular weight excluding hydrogens is 755 g/mol. The monoisotopic (exact) mass is 795 g/mol. The Labute approximate surface area is 307 Å². The molecule has 19 heteroatoms. The standard InChI is InChI=1S/C33H41ClF3N7O5SSi2/c1-47-33-26(14-21(34)17-40-33)50(45,46)42-25-16-22(35)15-23(27(25)36)29-28(37)31-24(18-39-29)30(41-44(31)20-49-11-13-52(5,6)7)32-38-8-9-43(32)19-48-10-12-51(2,3)4/h8-9,14-18,42H,10-13,19-20H2,1-7H3. The number of hydrogen-bond donors (Lipinski definition) is 1. The molecule has 52 heavy (non-hydrogen) atoms. The SMILES string of the molecule is COc1ncc(Cl)cc1S(=O)(=O)Nc1cc(F)cc(-c2ncc3c(-c4nccn4COCC[Si](C)(C)C)nn(COCC[Si](C)(C)C)c3c2F)c1F. The van der Waals surface area contributed by atoms with Crippen LogP contribution in [-0.2, 0) is 33.0 Å². The highest BCUT2D eigenvalue weighted by atomic mass is 35.5. The Hall–Kier alpha value is -3.82. The van der Waals surface area contributed by atoms with E-state index in [-0.39, 0.29) is 41.0 Å². The van der Waals surface area contributed by atoms with Gasteiger partial charge in [0.05, 0.1) is 23.2 Å². The molecule has 4 heterocycles. The molecule has 0 saturated carbocycles. The van der Waals surface area contributed by atoms with E-state index in [1.54, 1.807) is 17.0 Å². The van der Waals surface area contributed by atoms with E-state index in [1.165, 1.54) is 18.0 Å². The molecule has 0 atom stereocenters. The zero-order chi connectivity index (χ0) is 38.0. The van der Waals surface area contributed by atoms with Crippen LogP contribution in [0.1, 0.15) is 0 Å². The fourth-order valence-electron chi connectivity index (χ4n) is 5.06. The molecule has 0 aliphatic carbocycles. The topological polar surface area (TPSA) is 135 Å². The molecule has 1 N–H and O–H groups in total. The largest absolute Gasteiger partial charge is 0.480 e. The Morgan fingerprint density at radius 2 is 1.54 bits per heavy atom. The zero-order valence-electron chi connectivity index (χ0n) is 29.9. The molecule has 0 spiro atoms. The number of nitrogens with zero attached hydrogens (tertiary/aromatic N) is 6. The zero-order valence-corrected chi connectivity index (χ0v) is 33.5. The van der Waals surface area contributed by atoms with Crippen LogP contribution in [0.5, 0.6) is 5.88 Å². The number of fused-ring (bicyclic) bond motifs is 1. The van der Waals surface area contributed by atoms with Crippen LogP contribution in [0.15, 0.2) is 47.9 Å². The van der Waals surface area contributed by atoms with Crippen molar-refractivity contribution in [1.82, 2.24) is 29.3 Å². The number of benzene rings is 1. The molecule has 0 radical (unpaired) electrons. The first-order valence-corrected chi connectivity index (χ1v) is 25.6. The summed E-state index contributed by atoms with van der Waals surface area (Å²) in [5.41, 5.74) is -1.85. The van der Waals surface area contributed by atoms with Crippen LogP contribution in [0.4, 0.5) is 18.9 Å². The van der Waals surface area contributed by atoms with Gasteiger partial charge in [0, 0.05) is 65.8 Å². The first-order chi connectivity index (χ1) is 24.4. The number of sulfonamides is 1. The van der Waals surface area contributed by atoms with E-state index in [0.29, 0.717) is 25.1 Å². The quantitative estimate of drug-likeness (QED) is 0.0782. The lowest BCUT2D eigenvalue weighted by Crippen LogP contribution is -2.22. The Bertz CT molecular complexity index is 2190. The molecule has 0 unspecified atom stereocenters. The van der Waals surface area contributed by atoms with Crippen LogP contribution >= 0.6 is 11.6 Å². The lowest BCUT2D eigenvalue weighted by molar-refractivity contribution is 0.0812. The molecule has 0 bridgehead atoms. The van der Waals surface area contributed by atoms with Gasteiger partial charge in [0.15, 0.2) is 22.4 Å². The first-order valence-electron chi connectivity index (χ1n) is 16.3. The molecule has 0 fully saturated rings. The van der Waals surface area contributed by atoms with Gasteiger partial charge in [-0.2, -0.15) is 5.10 Å². The summed E-state index contributed by atoms with van der Waals surface area (Å²) in [5.74, 6) is -3.33. The minimum atomic E-state index is -4.62. The number of methoxy groups -OCH3 is 1. The van der Waals surface area contributed by atoms with Gasteiger partial charge in [0.2, 0.25) is 5.88 Å². The number of anilines is 1. The summed E-state index contributed by atoms with van der Waals surface area (Å²) in [7, 11) is -6.22. The van der Waals surface area contributed by atoms with Crippen molar-refractivity contribution in [2.75, 3.05) is 25.0 Å². The van der Waals surface area contributed by atoms with Gasteiger partial charge in [0.1, 0.15) is 36.2 Å². The maximum Gasteiger partial charge on any atom is 0.267 e. The molecule has 0 aliphatic heterocycles. The van der Waals surface area contributed by atoms with E-state index in [4.69, 9.17) is 25.8 Å². The van der Waals surface area contributed by atoms with E-state index in [1.807, 2.05) is 4.72 Å². The molecule has 5 rings (SSSR count). The number of imidazole rings is 1. The third-order valence-electron chi connectivity index (χ3n) is 7.90. The molecule has 12 nitrogen and oxygen atoms in total.